The molecule has 21 aromatic rings. The molecule has 0 saturated carbocycles. The molecule has 510 valence electrons. The average Bonchev–Trinajstić information content (AvgIpc) is 1.59. The zero-order valence-corrected chi connectivity index (χ0v) is 58.4. The van der Waals surface area contributed by atoms with Crippen molar-refractivity contribution >= 4 is 121 Å². The van der Waals surface area contributed by atoms with Gasteiger partial charge in [-0.25, -0.2) is 29.9 Å². The van der Waals surface area contributed by atoms with E-state index in [9.17, 15) is 0 Å². The minimum absolute atomic E-state index is 0.520. The molecule has 0 N–H and O–H groups in total. The van der Waals surface area contributed by atoms with Gasteiger partial charge in [0.05, 0.1) is 17.1 Å². The molecule has 0 amide bonds. The second-order valence-corrected chi connectivity index (χ2v) is 27.2. The lowest BCUT2D eigenvalue weighted by Gasteiger charge is -2.28. The van der Waals surface area contributed by atoms with Crippen LogP contribution in [0.4, 0.5) is 34.1 Å². The molecule has 0 aliphatic carbocycles. The molecule has 109 heavy (non-hydrogen) atoms. The number of rotatable bonds is 14. The molecule has 0 saturated heterocycles. The first kappa shape index (κ1) is 62.6. The number of anilines is 6. The largest absolute Gasteiger partial charge is 0.455 e. The standard InChI is InChI=1S/C98H60N8O3/c1-6-25-61(26-7-1)68-33-22-36-72(57-68)105(84-59-81-76-56-53-69(58-88(76)109-90(81)77-40-18-16-37-73(77)84)97-101-93(64-27-8-2-9-28-64)99-94(102-97)65-29-10-3-11-30-65)71-54-51-63(52-55-71)62-47-49-67(50-48-62)96-100-95(66-31-12-4-13-32-66)103-98(104-96)80-43-24-46-87-89(80)82-60-85(74-38-17-19-41-78(74)91(82)108-87)106(70-34-14-5-15-35-70)83-44-23-42-79-75-39-20-21-45-86(75)107-92(79)83/h1-60H. The molecule has 11 heteroatoms. The highest BCUT2D eigenvalue weighted by molar-refractivity contribution is 6.24. The Kier molecular flexibility index (Phi) is 15.0. The van der Waals surface area contributed by atoms with E-state index >= 15 is 0 Å². The zero-order chi connectivity index (χ0) is 71.9. The lowest BCUT2D eigenvalue weighted by atomic mass is 9.99. The lowest BCUT2D eigenvalue weighted by Crippen LogP contribution is -2.10. The van der Waals surface area contributed by atoms with E-state index in [0.717, 1.165) is 172 Å². The van der Waals surface area contributed by atoms with Gasteiger partial charge in [-0.15, -0.1) is 0 Å². The molecule has 0 atom stereocenters. The van der Waals surface area contributed by atoms with Crippen molar-refractivity contribution in [1.29, 1.82) is 0 Å². The third-order valence-electron chi connectivity index (χ3n) is 20.7. The first-order valence-corrected chi connectivity index (χ1v) is 36.4. The fourth-order valence-electron chi connectivity index (χ4n) is 15.6. The van der Waals surface area contributed by atoms with Crippen LogP contribution in [0.2, 0.25) is 0 Å². The molecule has 11 nitrogen and oxygen atoms in total. The monoisotopic (exact) mass is 1400 g/mol. The van der Waals surface area contributed by atoms with Crippen LogP contribution in [0.3, 0.4) is 0 Å². The second-order valence-electron chi connectivity index (χ2n) is 27.2. The van der Waals surface area contributed by atoms with Crippen LogP contribution >= 0.6 is 0 Å². The number of furan rings is 3. The Morgan fingerprint density at radius 1 is 0.183 bits per heavy atom. The summed E-state index contributed by atoms with van der Waals surface area (Å²) in [5, 5.41) is 9.88. The lowest BCUT2D eigenvalue weighted by molar-refractivity contribution is 0.669. The summed E-state index contributed by atoms with van der Waals surface area (Å²) in [7, 11) is 0. The molecule has 0 bridgehead atoms. The predicted molar refractivity (Wildman–Crippen MR) is 443 cm³/mol. The summed E-state index contributed by atoms with van der Waals surface area (Å²) in [6.45, 7) is 0. The van der Waals surface area contributed by atoms with Gasteiger partial charge in [0.15, 0.2) is 40.5 Å². The van der Waals surface area contributed by atoms with Gasteiger partial charge in [-0.3, -0.25) is 0 Å². The highest BCUT2D eigenvalue weighted by Gasteiger charge is 2.28. The van der Waals surface area contributed by atoms with Crippen LogP contribution in [0.1, 0.15) is 0 Å². The van der Waals surface area contributed by atoms with E-state index in [-0.39, 0.29) is 0 Å². The Hall–Kier alpha value is -14.9. The Balaban J connectivity index is 0.663. The number of fused-ring (bicyclic) bond motifs is 13. The van der Waals surface area contributed by atoms with Crippen molar-refractivity contribution in [2.75, 3.05) is 9.80 Å². The molecule has 0 spiro atoms. The fourth-order valence-corrected chi connectivity index (χ4v) is 15.6. The van der Waals surface area contributed by atoms with Crippen LogP contribution in [0.25, 0.3) is 178 Å². The van der Waals surface area contributed by atoms with Crippen LogP contribution < -0.4 is 9.80 Å². The molecule has 21 rings (SSSR count). The summed E-state index contributed by atoms with van der Waals surface area (Å²) in [6.07, 6.45) is 0. The summed E-state index contributed by atoms with van der Waals surface area (Å²) >= 11 is 0. The number of benzene rings is 16. The van der Waals surface area contributed by atoms with E-state index in [2.05, 4.69) is 252 Å². The maximum Gasteiger partial charge on any atom is 0.164 e. The highest BCUT2D eigenvalue weighted by atomic mass is 16.3. The van der Waals surface area contributed by atoms with E-state index in [1.807, 2.05) is 121 Å². The van der Waals surface area contributed by atoms with Crippen molar-refractivity contribution in [3.05, 3.63) is 364 Å². The Morgan fingerprint density at radius 2 is 0.560 bits per heavy atom. The summed E-state index contributed by atoms with van der Waals surface area (Å²) in [5.41, 5.74) is 19.9. The first-order chi connectivity index (χ1) is 54.0. The maximum absolute atomic E-state index is 7.02. The summed E-state index contributed by atoms with van der Waals surface area (Å²) < 4.78 is 20.8. The molecule has 5 aromatic heterocycles. The zero-order valence-electron chi connectivity index (χ0n) is 58.4. The SMILES string of the molecule is c1ccc(-c2cccc(N(c3ccc(-c4ccc(-c5nc(-c6ccccc6)nc(-c6cccc7oc8c9ccccc9c(N(c9ccccc9)c9cccc%10c9oc9ccccc9%10)cc8c67)n5)cc4)cc3)c3cc4c5ccc(-c6nc(-c7ccccc7)nc(-c7ccccc7)n6)cc5oc4c4ccccc34)c2)cc1. The van der Waals surface area contributed by atoms with E-state index in [0.29, 0.717) is 40.5 Å². The van der Waals surface area contributed by atoms with Gasteiger partial charge in [-0.1, -0.05) is 285 Å². The van der Waals surface area contributed by atoms with Crippen LogP contribution in [-0.2, 0) is 0 Å². The molecule has 0 aliphatic heterocycles. The van der Waals surface area contributed by atoms with Crippen molar-refractivity contribution in [3.63, 3.8) is 0 Å². The van der Waals surface area contributed by atoms with Crippen LogP contribution in [-0.4, -0.2) is 29.9 Å². The molecule has 16 aromatic carbocycles. The number of para-hydroxylation sites is 3. The van der Waals surface area contributed by atoms with Gasteiger partial charge < -0.3 is 23.1 Å². The minimum atomic E-state index is 0.520. The molecule has 5 heterocycles. The van der Waals surface area contributed by atoms with Crippen LogP contribution in [0.5, 0.6) is 0 Å². The molecule has 0 radical (unpaired) electrons. The summed E-state index contributed by atoms with van der Waals surface area (Å²) in [6, 6.07) is 126. The predicted octanol–water partition coefficient (Wildman–Crippen LogP) is 26.3. The topological polar surface area (TPSA) is 123 Å². The van der Waals surface area contributed by atoms with Crippen LogP contribution in [0, 0.1) is 0 Å². The highest BCUT2D eigenvalue weighted by Crippen LogP contribution is 2.50. The molecule has 0 fully saturated rings. The third kappa shape index (κ3) is 11.0. The fraction of sp³-hybridized carbons (Fsp3) is 0. The van der Waals surface area contributed by atoms with Crippen molar-refractivity contribution < 1.29 is 13.3 Å². The number of aromatic nitrogens is 6. The van der Waals surface area contributed by atoms with Gasteiger partial charge in [-0.2, -0.15) is 0 Å². The summed E-state index contributed by atoms with van der Waals surface area (Å²) in [4.78, 5) is 35.8. The van der Waals surface area contributed by atoms with E-state index in [4.69, 9.17) is 43.2 Å². The number of hydrogen-bond donors (Lipinski definition) is 0. The van der Waals surface area contributed by atoms with Crippen molar-refractivity contribution in [2.45, 2.75) is 0 Å². The van der Waals surface area contributed by atoms with E-state index in [1.165, 1.54) is 0 Å². The maximum atomic E-state index is 7.02. The number of hydrogen-bond acceptors (Lipinski definition) is 11. The van der Waals surface area contributed by atoms with Crippen LogP contribution in [0.15, 0.2) is 377 Å². The molecular weight excluding hydrogens is 1340 g/mol. The van der Waals surface area contributed by atoms with E-state index in [1.54, 1.807) is 0 Å². The smallest absolute Gasteiger partial charge is 0.164 e. The van der Waals surface area contributed by atoms with Gasteiger partial charge in [-0.05, 0) is 101 Å². The molecule has 0 aliphatic rings. The first-order valence-electron chi connectivity index (χ1n) is 36.4. The van der Waals surface area contributed by atoms with Crippen molar-refractivity contribution in [1.82, 2.24) is 29.9 Å². The Labute approximate surface area is 625 Å². The van der Waals surface area contributed by atoms with Gasteiger partial charge in [0, 0.05) is 104 Å². The summed E-state index contributed by atoms with van der Waals surface area (Å²) in [5.74, 6) is 3.36. The minimum Gasteiger partial charge on any atom is -0.455 e. The van der Waals surface area contributed by atoms with Gasteiger partial charge in [0.1, 0.15) is 27.9 Å². The Bertz CT molecular complexity index is 7030. The van der Waals surface area contributed by atoms with Gasteiger partial charge in [0.2, 0.25) is 0 Å². The molecular formula is C98H60N8O3. The van der Waals surface area contributed by atoms with Crippen molar-refractivity contribution in [2.24, 2.45) is 0 Å². The molecule has 0 unspecified atom stereocenters. The normalized spacial score (nSPS) is 11.7. The Morgan fingerprint density at radius 3 is 1.18 bits per heavy atom. The van der Waals surface area contributed by atoms with E-state index < -0.39 is 0 Å². The van der Waals surface area contributed by atoms with Gasteiger partial charge in [0.25, 0.3) is 0 Å². The quantitative estimate of drug-likeness (QED) is 0.103. The second kappa shape index (κ2) is 26.0. The average molecular weight is 1400 g/mol. The third-order valence-corrected chi connectivity index (χ3v) is 20.7. The van der Waals surface area contributed by atoms with Crippen molar-refractivity contribution in [3.8, 4) is 90.6 Å². The number of nitrogens with zero attached hydrogens (tertiary/aromatic N) is 8. The van der Waals surface area contributed by atoms with Gasteiger partial charge >= 0.3 is 0 Å².